The number of aromatic nitrogens is 3. The second-order valence-electron chi connectivity index (χ2n) is 15.1. The van der Waals surface area contributed by atoms with Crippen LogP contribution >= 0.6 is 0 Å². The zero-order valence-electron chi connectivity index (χ0n) is 32.3. The number of para-hydroxylation sites is 1. The standard InChI is InChI=1S/C55H34N4O/c56-35-36-26-28-37(29-27-36)52-57-53(59-54(58-52)47-33-40-14-7-8-21-44(40)45-22-9-10-23-46(45)47)41-16-13-15-38(32-41)39-30-31-49-51(34-39)60-50-25-12-11-24-48(50)55(49,42-17-3-1-4-18-42)43-19-5-2-6-20-43/h1-34H. The monoisotopic (exact) mass is 766 g/mol. The summed E-state index contributed by atoms with van der Waals surface area (Å²) in [7, 11) is 0. The first-order valence-corrected chi connectivity index (χ1v) is 20.0. The number of rotatable bonds is 6. The molecular weight excluding hydrogens is 733 g/mol. The number of fused-ring (bicyclic) bond motifs is 5. The van der Waals surface area contributed by atoms with Crippen LogP contribution in [0.25, 0.3) is 66.8 Å². The van der Waals surface area contributed by atoms with Gasteiger partial charge in [0.2, 0.25) is 0 Å². The van der Waals surface area contributed by atoms with Crippen molar-refractivity contribution in [1.29, 1.82) is 5.26 Å². The molecule has 10 aromatic rings. The number of hydrogen-bond acceptors (Lipinski definition) is 5. The van der Waals surface area contributed by atoms with Crippen LogP contribution in [0.1, 0.15) is 27.8 Å². The summed E-state index contributed by atoms with van der Waals surface area (Å²) < 4.78 is 6.81. The Morgan fingerprint density at radius 1 is 0.400 bits per heavy atom. The van der Waals surface area contributed by atoms with E-state index in [1.54, 1.807) is 12.1 Å². The summed E-state index contributed by atoms with van der Waals surface area (Å²) in [6.45, 7) is 0. The molecule has 0 aliphatic carbocycles. The smallest absolute Gasteiger partial charge is 0.164 e. The van der Waals surface area contributed by atoms with Gasteiger partial charge in [-0.25, -0.2) is 15.0 Å². The van der Waals surface area contributed by atoms with Crippen molar-refractivity contribution in [2.24, 2.45) is 0 Å². The Morgan fingerprint density at radius 3 is 1.72 bits per heavy atom. The van der Waals surface area contributed by atoms with E-state index in [4.69, 9.17) is 19.7 Å². The van der Waals surface area contributed by atoms with Crippen LogP contribution in [0, 0.1) is 11.3 Å². The van der Waals surface area contributed by atoms with E-state index in [0.717, 1.165) is 66.6 Å². The minimum Gasteiger partial charge on any atom is -0.457 e. The van der Waals surface area contributed by atoms with Crippen LogP contribution in [0.2, 0.25) is 0 Å². The molecule has 0 saturated carbocycles. The second kappa shape index (κ2) is 14.3. The van der Waals surface area contributed by atoms with Gasteiger partial charge in [-0.05, 0) is 92.3 Å². The molecule has 0 saturated heterocycles. The highest BCUT2D eigenvalue weighted by atomic mass is 16.5. The van der Waals surface area contributed by atoms with E-state index in [2.05, 4.69) is 176 Å². The molecule has 0 atom stereocenters. The molecule has 0 bridgehead atoms. The van der Waals surface area contributed by atoms with Crippen molar-refractivity contribution in [3.05, 3.63) is 234 Å². The van der Waals surface area contributed by atoms with Crippen LogP contribution in [0.4, 0.5) is 0 Å². The summed E-state index contributed by atoms with van der Waals surface area (Å²) in [6.07, 6.45) is 0. The number of benzene rings is 9. The fourth-order valence-corrected chi connectivity index (χ4v) is 8.92. The minimum absolute atomic E-state index is 0.529. The Morgan fingerprint density at radius 2 is 0.967 bits per heavy atom. The Bertz CT molecular complexity index is 3260. The maximum atomic E-state index is 9.53. The summed E-state index contributed by atoms with van der Waals surface area (Å²) in [4.78, 5) is 15.4. The molecule has 0 spiro atoms. The molecule has 0 radical (unpaired) electrons. The molecule has 60 heavy (non-hydrogen) atoms. The summed E-state index contributed by atoms with van der Waals surface area (Å²) in [6, 6.07) is 73.3. The Hall–Kier alpha value is -8.20. The third-order valence-electron chi connectivity index (χ3n) is 11.7. The van der Waals surface area contributed by atoms with Crippen molar-refractivity contribution < 1.29 is 4.74 Å². The van der Waals surface area contributed by atoms with Gasteiger partial charge in [-0.3, -0.25) is 0 Å². The zero-order chi connectivity index (χ0) is 40.0. The topological polar surface area (TPSA) is 71.7 Å². The quantitative estimate of drug-likeness (QED) is 0.158. The second-order valence-corrected chi connectivity index (χ2v) is 15.1. The Balaban J connectivity index is 1.08. The number of ether oxygens (including phenoxy) is 1. The van der Waals surface area contributed by atoms with Crippen molar-refractivity contribution in [2.75, 3.05) is 0 Å². The Labute approximate surface area is 347 Å². The van der Waals surface area contributed by atoms with Crippen molar-refractivity contribution in [3.8, 4) is 62.9 Å². The molecule has 0 amide bonds. The van der Waals surface area contributed by atoms with Crippen LogP contribution in [-0.2, 0) is 5.41 Å². The van der Waals surface area contributed by atoms with Gasteiger partial charge in [0.05, 0.1) is 17.0 Å². The van der Waals surface area contributed by atoms with Gasteiger partial charge in [0.25, 0.3) is 0 Å². The van der Waals surface area contributed by atoms with E-state index in [1.807, 2.05) is 24.3 Å². The molecule has 5 nitrogen and oxygen atoms in total. The first kappa shape index (κ1) is 35.0. The highest BCUT2D eigenvalue weighted by Gasteiger charge is 2.45. The van der Waals surface area contributed by atoms with Gasteiger partial charge in [-0.2, -0.15) is 5.26 Å². The van der Waals surface area contributed by atoms with E-state index >= 15 is 0 Å². The van der Waals surface area contributed by atoms with E-state index < -0.39 is 5.41 Å². The summed E-state index contributed by atoms with van der Waals surface area (Å²) in [5, 5.41) is 14.0. The molecule has 1 aromatic heterocycles. The fourth-order valence-electron chi connectivity index (χ4n) is 8.92. The largest absolute Gasteiger partial charge is 0.457 e. The fraction of sp³-hybridized carbons (Fsp3) is 0.0182. The van der Waals surface area contributed by atoms with Gasteiger partial charge in [-0.1, -0.05) is 158 Å². The lowest BCUT2D eigenvalue weighted by Gasteiger charge is -2.41. The van der Waals surface area contributed by atoms with Crippen LogP contribution in [0.15, 0.2) is 206 Å². The van der Waals surface area contributed by atoms with Crippen molar-refractivity contribution in [2.45, 2.75) is 5.41 Å². The molecule has 0 N–H and O–H groups in total. The first-order chi connectivity index (χ1) is 29.7. The van der Waals surface area contributed by atoms with Crippen LogP contribution in [0.3, 0.4) is 0 Å². The van der Waals surface area contributed by atoms with Gasteiger partial charge in [0, 0.05) is 27.8 Å². The first-order valence-electron chi connectivity index (χ1n) is 20.0. The lowest BCUT2D eigenvalue weighted by atomic mass is 9.63. The zero-order valence-corrected chi connectivity index (χ0v) is 32.3. The van der Waals surface area contributed by atoms with Gasteiger partial charge in [-0.15, -0.1) is 0 Å². The molecule has 1 aliphatic rings. The Kier molecular flexibility index (Phi) is 8.35. The molecule has 0 fully saturated rings. The van der Waals surface area contributed by atoms with Gasteiger partial charge in [0.1, 0.15) is 11.5 Å². The molecule has 5 heteroatoms. The van der Waals surface area contributed by atoms with Crippen LogP contribution < -0.4 is 4.74 Å². The molecule has 11 rings (SSSR count). The highest BCUT2D eigenvalue weighted by molar-refractivity contribution is 6.13. The molecule has 0 unspecified atom stereocenters. The predicted octanol–water partition coefficient (Wildman–Crippen LogP) is 13.2. The molecule has 9 aromatic carbocycles. The van der Waals surface area contributed by atoms with Gasteiger partial charge < -0.3 is 4.74 Å². The minimum atomic E-state index is -0.594. The predicted molar refractivity (Wildman–Crippen MR) is 240 cm³/mol. The number of hydrogen-bond donors (Lipinski definition) is 0. The third-order valence-corrected chi connectivity index (χ3v) is 11.7. The SMILES string of the molecule is N#Cc1ccc(-c2nc(-c3cccc(-c4ccc5c(c4)Oc4ccccc4C5(c4ccccc4)c4ccccc4)c3)nc(-c3cc4ccccc4c4ccccc34)n2)cc1. The van der Waals surface area contributed by atoms with Crippen molar-refractivity contribution >= 4 is 21.5 Å². The molecule has 280 valence electrons. The molecule has 2 heterocycles. The number of nitrogens with zero attached hydrogens (tertiary/aromatic N) is 4. The maximum Gasteiger partial charge on any atom is 0.164 e. The molecular formula is C55H34N4O. The highest BCUT2D eigenvalue weighted by Crippen LogP contribution is 2.55. The average Bonchev–Trinajstić information content (AvgIpc) is 3.33. The van der Waals surface area contributed by atoms with Crippen LogP contribution in [-0.4, -0.2) is 15.0 Å². The third kappa shape index (κ3) is 5.74. The summed E-state index contributed by atoms with van der Waals surface area (Å²) in [5.74, 6) is 3.29. The van der Waals surface area contributed by atoms with Crippen molar-refractivity contribution in [1.82, 2.24) is 15.0 Å². The van der Waals surface area contributed by atoms with E-state index in [0.29, 0.717) is 23.0 Å². The van der Waals surface area contributed by atoms with E-state index in [-0.39, 0.29) is 0 Å². The summed E-state index contributed by atoms with van der Waals surface area (Å²) in [5.41, 5.74) is 9.08. The van der Waals surface area contributed by atoms with Gasteiger partial charge >= 0.3 is 0 Å². The summed E-state index contributed by atoms with van der Waals surface area (Å²) >= 11 is 0. The van der Waals surface area contributed by atoms with E-state index in [1.165, 1.54) is 16.5 Å². The maximum absolute atomic E-state index is 9.53. The van der Waals surface area contributed by atoms with Crippen molar-refractivity contribution in [3.63, 3.8) is 0 Å². The van der Waals surface area contributed by atoms with Crippen LogP contribution in [0.5, 0.6) is 11.5 Å². The molecule has 1 aliphatic heterocycles. The average molecular weight is 767 g/mol. The van der Waals surface area contributed by atoms with Gasteiger partial charge in [0.15, 0.2) is 17.5 Å². The number of nitriles is 1. The lowest BCUT2D eigenvalue weighted by Crippen LogP contribution is -2.34. The normalized spacial score (nSPS) is 12.6. The van der Waals surface area contributed by atoms with E-state index in [9.17, 15) is 5.26 Å². The lowest BCUT2D eigenvalue weighted by molar-refractivity contribution is 0.435.